The number of pyridine rings is 1. The smallest absolute Gasteiger partial charge is 0.257 e. The summed E-state index contributed by atoms with van der Waals surface area (Å²) in [6.07, 6.45) is 3.30. The number of nitrogens with zero attached hydrogens (tertiary/aromatic N) is 2. The number of rotatable bonds is 6. The molecule has 0 aliphatic rings. The van der Waals surface area contributed by atoms with Crippen LogP contribution < -0.4 is 15.0 Å². The lowest BCUT2D eigenvalue weighted by atomic mass is 10.2. The second kappa shape index (κ2) is 8.16. The number of nitrogens with one attached hydrogen (secondary N) is 1. The Morgan fingerprint density at radius 1 is 1.04 bits per heavy atom. The van der Waals surface area contributed by atoms with E-state index in [9.17, 15) is 4.79 Å². The molecular formula is C21H21N3O2. The molecule has 26 heavy (non-hydrogen) atoms. The molecule has 0 unspecified atom stereocenters. The van der Waals surface area contributed by atoms with Crippen molar-refractivity contribution in [3.05, 3.63) is 78.6 Å². The van der Waals surface area contributed by atoms with E-state index in [1.165, 1.54) is 0 Å². The first kappa shape index (κ1) is 17.5. The average Bonchev–Trinajstić information content (AvgIpc) is 2.70. The highest BCUT2D eigenvalue weighted by Crippen LogP contribution is 2.23. The maximum atomic E-state index is 12.5. The third-order valence-electron chi connectivity index (χ3n) is 3.94. The number of carbonyl (C=O) groups is 1. The third kappa shape index (κ3) is 4.19. The van der Waals surface area contributed by atoms with Crippen LogP contribution in [0.4, 0.5) is 17.1 Å². The molecule has 3 rings (SSSR count). The van der Waals surface area contributed by atoms with Crippen molar-refractivity contribution < 1.29 is 9.53 Å². The van der Waals surface area contributed by atoms with Gasteiger partial charge in [-0.25, -0.2) is 0 Å². The van der Waals surface area contributed by atoms with E-state index in [2.05, 4.69) is 10.3 Å². The van der Waals surface area contributed by atoms with E-state index in [0.717, 1.165) is 17.1 Å². The van der Waals surface area contributed by atoms with Crippen LogP contribution in [0, 0.1) is 0 Å². The van der Waals surface area contributed by atoms with Gasteiger partial charge in [0.15, 0.2) is 0 Å². The molecule has 5 heteroatoms. The Kier molecular flexibility index (Phi) is 5.49. The van der Waals surface area contributed by atoms with E-state index in [0.29, 0.717) is 17.9 Å². The normalized spacial score (nSPS) is 10.2. The molecule has 0 radical (unpaired) electrons. The summed E-state index contributed by atoms with van der Waals surface area (Å²) in [5.74, 6) is 0.573. The van der Waals surface area contributed by atoms with Crippen molar-refractivity contribution >= 4 is 23.0 Å². The van der Waals surface area contributed by atoms with Crippen LogP contribution in [0.15, 0.2) is 73.1 Å². The van der Waals surface area contributed by atoms with Gasteiger partial charge < -0.3 is 15.0 Å². The summed E-state index contributed by atoms with van der Waals surface area (Å²) in [5.41, 5.74) is 3.08. The van der Waals surface area contributed by atoms with Gasteiger partial charge in [-0.2, -0.15) is 0 Å². The lowest BCUT2D eigenvalue weighted by molar-refractivity contribution is 0.102. The summed E-state index contributed by atoms with van der Waals surface area (Å²) in [7, 11) is 1.94. The van der Waals surface area contributed by atoms with Gasteiger partial charge in [0.2, 0.25) is 0 Å². The number of carbonyl (C=O) groups excluding carboxylic acids is 1. The van der Waals surface area contributed by atoms with E-state index < -0.39 is 0 Å². The van der Waals surface area contributed by atoms with Crippen LogP contribution in [-0.2, 0) is 0 Å². The molecule has 1 aromatic heterocycles. The molecule has 2 aromatic carbocycles. The van der Waals surface area contributed by atoms with Gasteiger partial charge >= 0.3 is 0 Å². The number of amides is 1. The van der Waals surface area contributed by atoms with Gasteiger partial charge in [0.05, 0.1) is 24.1 Å². The van der Waals surface area contributed by atoms with Crippen LogP contribution in [0.25, 0.3) is 0 Å². The molecule has 1 amide bonds. The summed E-state index contributed by atoms with van der Waals surface area (Å²) in [6, 6.07) is 19.0. The first-order chi connectivity index (χ1) is 12.7. The van der Waals surface area contributed by atoms with E-state index >= 15 is 0 Å². The Morgan fingerprint density at radius 2 is 1.77 bits per heavy atom. The van der Waals surface area contributed by atoms with E-state index in [-0.39, 0.29) is 5.91 Å². The van der Waals surface area contributed by atoms with Crippen LogP contribution in [0.3, 0.4) is 0 Å². The molecular weight excluding hydrogens is 326 g/mol. The molecule has 3 aromatic rings. The second-order valence-electron chi connectivity index (χ2n) is 5.74. The van der Waals surface area contributed by atoms with Crippen molar-refractivity contribution in [2.24, 2.45) is 0 Å². The fraction of sp³-hybridized carbons (Fsp3) is 0.143. The van der Waals surface area contributed by atoms with Gasteiger partial charge in [-0.1, -0.05) is 18.2 Å². The van der Waals surface area contributed by atoms with Crippen molar-refractivity contribution in [2.75, 3.05) is 23.9 Å². The number of para-hydroxylation sites is 1. The molecule has 0 fully saturated rings. The predicted octanol–water partition coefficient (Wildman–Crippen LogP) is 4.50. The van der Waals surface area contributed by atoms with Gasteiger partial charge in [-0.05, 0) is 49.4 Å². The van der Waals surface area contributed by atoms with Crippen molar-refractivity contribution in [1.29, 1.82) is 0 Å². The van der Waals surface area contributed by atoms with Gasteiger partial charge in [0.25, 0.3) is 5.91 Å². The summed E-state index contributed by atoms with van der Waals surface area (Å²) >= 11 is 0. The quantitative estimate of drug-likeness (QED) is 0.713. The summed E-state index contributed by atoms with van der Waals surface area (Å²) in [5, 5.41) is 2.88. The van der Waals surface area contributed by atoms with Crippen molar-refractivity contribution in [1.82, 2.24) is 4.98 Å². The predicted molar refractivity (Wildman–Crippen MR) is 104 cm³/mol. The number of ether oxygens (including phenoxy) is 1. The summed E-state index contributed by atoms with van der Waals surface area (Å²) < 4.78 is 5.41. The van der Waals surface area contributed by atoms with Crippen LogP contribution >= 0.6 is 0 Å². The minimum absolute atomic E-state index is 0.204. The van der Waals surface area contributed by atoms with E-state index in [1.807, 2.05) is 79.5 Å². The fourth-order valence-electron chi connectivity index (χ4n) is 2.54. The number of benzene rings is 2. The van der Waals surface area contributed by atoms with Crippen LogP contribution in [-0.4, -0.2) is 24.5 Å². The van der Waals surface area contributed by atoms with Crippen LogP contribution in [0.5, 0.6) is 5.75 Å². The van der Waals surface area contributed by atoms with Crippen LogP contribution in [0.2, 0.25) is 0 Å². The maximum Gasteiger partial charge on any atom is 0.257 e. The van der Waals surface area contributed by atoms with Gasteiger partial charge in [0.1, 0.15) is 5.75 Å². The Hall–Kier alpha value is -3.34. The summed E-state index contributed by atoms with van der Waals surface area (Å²) in [6.45, 7) is 2.54. The van der Waals surface area contributed by atoms with Crippen molar-refractivity contribution in [2.45, 2.75) is 6.92 Å². The summed E-state index contributed by atoms with van der Waals surface area (Å²) in [4.78, 5) is 18.7. The number of hydrogen-bond acceptors (Lipinski definition) is 4. The Bertz CT molecular complexity index is 864. The Balaban J connectivity index is 1.74. The maximum absolute atomic E-state index is 12.5. The zero-order valence-corrected chi connectivity index (χ0v) is 14.8. The highest BCUT2D eigenvalue weighted by atomic mass is 16.5. The molecule has 0 saturated heterocycles. The third-order valence-corrected chi connectivity index (χ3v) is 3.94. The largest absolute Gasteiger partial charge is 0.494 e. The molecule has 0 spiro atoms. The molecule has 0 saturated carbocycles. The molecule has 1 heterocycles. The van der Waals surface area contributed by atoms with E-state index in [1.54, 1.807) is 12.4 Å². The van der Waals surface area contributed by atoms with Gasteiger partial charge in [0, 0.05) is 24.6 Å². The SMILES string of the molecule is CCOc1ccc(NC(=O)c2cncc(N(C)c3ccccc3)c2)cc1. The minimum Gasteiger partial charge on any atom is -0.494 e. The second-order valence-corrected chi connectivity index (χ2v) is 5.74. The first-order valence-corrected chi connectivity index (χ1v) is 8.45. The highest BCUT2D eigenvalue weighted by molar-refractivity contribution is 6.04. The lowest BCUT2D eigenvalue weighted by Gasteiger charge is -2.19. The zero-order valence-electron chi connectivity index (χ0n) is 14.8. The van der Waals surface area contributed by atoms with Gasteiger partial charge in [-0.3, -0.25) is 9.78 Å². The zero-order chi connectivity index (χ0) is 18.4. The molecule has 0 bridgehead atoms. The van der Waals surface area contributed by atoms with Crippen molar-refractivity contribution in [3.8, 4) is 5.75 Å². The lowest BCUT2D eigenvalue weighted by Crippen LogP contribution is -2.15. The van der Waals surface area contributed by atoms with Crippen LogP contribution in [0.1, 0.15) is 17.3 Å². The minimum atomic E-state index is -0.204. The van der Waals surface area contributed by atoms with Crippen molar-refractivity contribution in [3.63, 3.8) is 0 Å². The standard InChI is InChI=1S/C21H21N3O2/c1-3-26-20-11-9-17(10-12-20)23-21(25)16-13-19(15-22-14-16)24(2)18-7-5-4-6-8-18/h4-15H,3H2,1-2H3,(H,23,25). The monoisotopic (exact) mass is 347 g/mol. The Labute approximate surface area is 153 Å². The van der Waals surface area contributed by atoms with E-state index in [4.69, 9.17) is 4.74 Å². The fourth-order valence-corrected chi connectivity index (χ4v) is 2.54. The molecule has 5 nitrogen and oxygen atoms in total. The molecule has 0 aliphatic carbocycles. The Morgan fingerprint density at radius 3 is 2.46 bits per heavy atom. The number of aromatic nitrogens is 1. The molecule has 132 valence electrons. The molecule has 0 atom stereocenters. The average molecular weight is 347 g/mol. The number of hydrogen-bond donors (Lipinski definition) is 1. The highest BCUT2D eigenvalue weighted by Gasteiger charge is 2.10. The molecule has 1 N–H and O–H groups in total. The first-order valence-electron chi connectivity index (χ1n) is 8.45. The topological polar surface area (TPSA) is 54.5 Å². The van der Waals surface area contributed by atoms with Gasteiger partial charge in [-0.15, -0.1) is 0 Å². The molecule has 0 aliphatic heterocycles. The number of anilines is 3.